The van der Waals surface area contributed by atoms with Gasteiger partial charge in [-0.15, -0.1) is 0 Å². The van der Waals surface area contributed by atoms with Crippen molar-refractivity contribution in [2.75, 3.05) is 0 Å². The van der Waals surface area contributed by atoms with Crippen molar-refractivity contribution in [3.8, 4) is 5.69 Å². The molecule has 1 heterocycles. The average Bonchev–Trinajstić information content (AvgIpc) is 3.18. The molecule has 168 valence electrons. The minimum absolute atomic E-state index is 1.14. The highest BCUT2D eigenvalue weighted by atomic mass is 15.1. The van der Waals surface area contributed by atoms with Crippen LogP contribution < -0.4 is 4.57 Å². The molecule has 1 aromatic carbocycles. The Bertz CT molecular complexity index is 644. The summed E-state index contributed by atoms with van der Waals surface area (Å²) in [7, 11) is 0. The van der Waals surface area contributed by atoms with E-state index in [0.29, 0.717) is 0 Å². The largest absolute Gasteiger partial charge is 0.261 e. The standard InChI is InChI=1S/C28H47N2/c1-3-5-7-8-9-10-11-12-13-14-15-16-20-23-28-29(24-6-4-2)25-26-30(28)27-21-18-17-19-22-27/h17-19,21-22,25-26H,3-16,20,23-24H2,1-2H3/q+1. The maximum Gasteiger partial charge on any atom is 0.261 e. The Hall–Kier alpha value is -1.57. The summed E-state index contributed by atoms with van der Waals surface area (Å²) in [4.78, 5) is 0. The van der Waals surface area contributed by atoms with Crippen molar-refractivity contribution in [1.82, 2.24) is 4.57 Å². The molecule has 0 spiro atoms. The van der Waals surface area contributed by atoms with Gasteiger partial charge in [-0.2, -0.15) is 4.57 Å². The first kappa shape index (κ1) is 24.7. The van der Waals surface area contributed by atoms with Crippen LogP contribution in [0, 0.1) is 0 Å². The van der Waals surface area contributed by atoms with Crippen molar-refractivity contribution in [3.63, 3.8) is 0 Å². The van der Waals surface area contributed by atoms with E-state index >= 15 is 0 Å². The zero-order valence-electron chi connectivity index (χ0n) is 20.0. The van der Waals surface area contributed by atoms with Gasteiger partial charge in [-0.25, -0.2) is 4.57 Å². The fourth-order valence-corrected chi connectivity index (χ4v) is 4.38. The molecule has 0 atom stereocenters. The number of aromatic nitrogens is 2. The molecule has 0 N–H and O–H groups in total. The van der Waals surface area contributed by atoms with Crippen molar-refractivity contribution >= 4 is 0 Å². The Labute approximate surface area is 186 Å². The number of hydrogen-bond acceptors (Lipinski definition) is 0. The second-order valence-corrected chi connectivity index (χ2v) is 8.96. The molecule has 0 amide bonds. The molecule has 1 aromatic heterocycles. The molecule has 0 aliphatic rings. The van der Waals surface area contributed by atoms with E-state index in [2.05, 4.69) is 65.7 Å². The normalized spacial score (nSPS) is 11.3. The molecule has 0 bridgehead atoms. The average molecular weight is 412 g/mol. The minimum atomic E-state index is 1.14. The van der Waals surface area contributed by atoms with Crippen LogP contribution in [0.4, 0.5) is 0 Å². The summed E-state index contributed by atoms with van der Waals surface area (Å²) in [6.07, 6.45) is 26.7. The zero-order chi connectivity index (χ0) is 21.3. The fourth-order valence-electron chi connectivity index (χ4n) is 4.38. The van der Waals surface area contributed by atoms with E-state index in [-0.39, 0.29) is 0 Å². The molecule has 2 heteroatoms. The Kier molecular flexibility index (Phi) is 13.3. The van der Waals surface area contributed by atoms with Gasteiger partial charge < -0.3 is 0 Å². The Balaban J connectivity index is 1.64. The predicted molar refractivity (Wildman–Crippen MR) is 130 cm³/mol. The number of benzene rings is 1. The first-order chi connectivity index (χ1) is 14.9. The summed E-state index contributed by atoms with van der Waals surface area (Å²) in [5.41, 5.74) is 1.29. The molecule has 2 rings (SSSR count). The zero-order valence-corrected chi connectivity index (χ0v) is 20.0. The lowest BCUT2D eigenvalue weighted by Crippen LogP contribution is -2.37. The third kappa shape index (κ3) is 9.49. The molecular weight excluding hydrogens is 364 g/mol. The van der Waals surface area contributed by atoms with Gasteiger partial charge >= 0.3 is 0 Å². The van der Waals surface area contributed by atoms with Gasteiger partial charge in [0.15, 0.2) is 0 Å². The van der Waals surface area contributed by atoms with Gasteiger partial charge in [-0.05, 0) is 25.0 Å². The Morgan fingerprint density at radius 2 is 1.17 bits per heavy atom. The van der Waals surface area contributed by atoms with E-state index in [0.717, 1.165) is 6.54 Å². The lowest BCUT2D eigenvalue weighted by Gasteiger charge is -2.06. The molecule has 0 aliphatic heterocycles. The number of imidazole rings is 1. The lowest BCUT2D eigenvalue weighted by atomic mass is 10.0. The lowest BCUT2D eigenvalue weighted by molar-refractivity contribution is -0.703. The van der Waals surface area contributed by atoms with E-state index in [4.69, 9.17) is 0 Å². The SMILES string of the molecule is CCCCCCCCCCCCCCCc1n(-c2ccccc2)cc[n+]1CCCC. The molecule has 30 heavy (non-hydrogen) atoms. The van der Waals surface area contributed by atoms with E-state index < -0.39 is 0 Å². The van der Waals surface area contributed by atoms with Gasteiger partial charge in [-0.3, -0.25) is 0 Å². The van der Waals surface area contributed by atoms with E-state index in [1.54, 1.807) is 0 Å². The van der Waals surface area contributed by atoms with Crippen molar-refractivity contribution in [2.45, 2.75) is 123 Å². The van der Waals surface area contributed by atoms with E-state index in [1.807, 2.05) is 0 Å². The summed E-state index contributed by atoms with van der Waals surface area (Å²) >= 11 is 0. The van der Waals surface area contributed by atoms with Crippen LogP contribution >= 0.6 is 0 Å². The second-order valence-electron chi connectivity index (χ2n) is 8.96. The van der Waals surface area contributed by atoms with Crippen LogP contribution in [0.25, 0.3) is 5.69 Å². The van der Waals surface area contributed by atoms with Crippen LogP contribution in [0.1, 0.15) is 116 Å². The molecular formula is C28H47N2+. The number of aryl methyl sites for hydroxylation is 1. The van der Waals surface area contributed by atoms with Crippen LogP contribution in [0.5, 0.6) is 0 Å². The molecule has 2 nitrogen and oxygen atoms in total. The Morgan fingerprint density at radius 1 is 0.633 bits per heavy atom. The molecule has 0 radical (unpaired) electrons. The van der Waals surface area contributed by atoms with Crippen molar-refractivity contribution in [1.29, 1.82) is 0 Å². The Morgan fingerprint density at radius 3 is 1.73 bits per heavy atom. The second kappa shape index (κ2) is 16.2. The highest BCUT2D eigenvalue weighted by Crippen LogP contribution is 2.15. The summed E-state index contributed by atoms with van der Waals surface area (Å²) < 4.78 is 4.88. The third-order valence-electron chi connectivity index (χ3n) is 6.30. The maximum atomic E-state index is 2.48. The highest BCUT2D eigenvalue weighted by molar-refractivity contribution is 5.31. The van der Waals surface area contributed by atoms with Crippen LogP contribution in [-0.4, -0.2) is 4.57 Å². The molecule has 0 aliphatic carbocycles. The summed E-state index contributed by atoms with van der Waals surface area (Å²) in [5.74, 6) is 1.47. The maximum absolute atomic E-state index is 2.48. The topological polar surface area (TPSA) is 8.81 Å². The van der Waals surface area contributed by atoms with Gasteiger partial charge in [0.2, 0.25) is 0 Å². The van der Waals surface area contributed by atoms with Gasteiger partial charge in [0.05, 0.1) is 6.54 Å². The van der Waals surface area contributed by atoms with Crippen molar-refractivity contribution in [2.24, 2.45) is 0 Å². The number of nitrogens with zero attached hydrogens (tertiary/aromatic N) is 2. The van der Waals surface area contributed by atoms with Crippen molar-refractivity contribution in [3.05, 3.63) is 48.5 Å². The van der Waals surface area contributed by atoms with Gasteiger partial charge in [0.25, 0.3) is 5.82 Å². The monoisotopic (exact) mass is 411 g/mol. The van der Waals surface area contributed by atoms with Crippen LogP contribution in [-0.2, 0) is 13.0 Å². The minimum Gasteiger partial charge on any atom is -0.234 e. The van der Waals surface area contributed by atoms with Gasteiger partial charge in [-0.1, -0.05) is 116 Å². The van der Waals surface area contributed by atoms with Crippen LogP contribution in [0.15, 0.2) is 42.7 Å². The first-order valence-corrected chi connectivity index (χ1v) is 13.0. The number of hydrogen-bond donors (Lipinski definition) is 0. The summed E-state index contributed by atoms with van der Waals surface area (Å²) in [6, 6.07) is 10.8. The first-order valence-electron chi connectivity index (χ1n) is 13.0. The van der Waals surface area contributed by atoms with E-state index in [9.17, 15) is 0 Å². The third-order valence-corrected chi connectivity index (χ3v) is 6.30. The van der Waals surface area contributed by atoms with Crippen LogP contribution in [0.2, 0.25) is 0 Å². The van der Waals surface area contributed by atoms with Gasteiger partial charge in [0, 0.05) is 6.42 Å². The summed E-state index contributed by atoms with van der Waals surface area (Å²) in [6.45, 7) is 5.72. The van der Waals surface area contributed by atoms with Crippen molar-refractivity contribution < 1.29 is 4.57 Å². The molecule has 0 saturated carbocycles. The van der Waals surface area contributed by atoms with E-state index in [1.165, 1.54) is 114 Å². The fraction of sp³-hybridized carbons (Fsp3) is 0.679. The quantitative estimate of drug-likeness (QED) is 0.173. The molecule has 0 unspecified atom stereocenters. The smallest absolute Gasteiger partial charge is 0.234 e. The molecule has 2 aromatic rings. The number of para-hydroxylation sites is 1. The van der Waals surface area contributed by atoms with Crippen LogP contribution in [0.3, 0.4) is 0 Å². The number of unbranched alkanes of at least 4 members (excludes halogenated alkanes) is 13. The highest BCUT2D eigenvalue weighted by Gasteiger charge is 2.17. The summed E-state index contributed by atoms with van der Waals surface area (Å²) in [5, 5.41) is 0. The van der Waals surface area contributed by atoms with Gasteiger partial charge in [0.1, 0.15) is 18.1 Å². The molecule has 0 fully saturated rings. The predicted octanol–water partition coefficient (Wildman–Crippen LogP) is 8.20. The number of rotatable bonds is 18. The molecule has 0 saturated heterocycles.